The van der Waals surface area contributed by atoms with Crippen LogP contribution in [0.25, 0.3) is 11.1 Å². The first-order valence-electron chi connectivity index (χ1n) is 11.1. The predicted molar refractivity (Wildman–Crippen MR) is 137 cm³/mol. The summed E-state index contributed by atoms with van der Waals surface area (Å²) in [6.45, 7) is 2.30. The predicted octanol–water partition coefficient (Wildman–Crippen LogP) is 5.14. The lowest BCUT2D eigenvalue weighted by atomic mass is 10.1. The summed E-state index contributed by atoms with van der Waals surface area (Å²) < 4.78 is 1.61. The summed E-state index contributed by atoms with van der Waals surface area (Å²) in [6.07, 6.45) is 1.69. The Bertz CT molecular complexity index is 1410. The van der Waals surface area contributed by atoms with Crippen molar-refractivity contribution in [1.29, 1.82) is 0 Å². The topological polar surface area (TPSA) is 100 Å². The molecule has 2 amide bonds. The second-order valence-corrected chi connectivity index (χ2v) is 8.21. The highest BCUT2D eigenvalue weighted by molar-refractivity contribution is 6.00. The van der Waals surface area contributed by atoms with Gasteiger partial charge in [0.2, 0.25) is 0 Å². The molecule has 0 saturated heterocycles. The molecule has 0 aliphatic carbocycles. The number of rotatable bonds is 7. The van der Waals surface area contributed by atoms with Crippen LogP contribution in [0.2, 0.25) is 0 Å². The van der Waals surface area contributed by atoms with E-state index in [1.807, 2.05) is 49.4 Å². The number of amides is 2. The highest BCUT2D eigenvalue weighted by Gasteiger charge is 2.09. The number of aromatic nitrogens is 1. The molecule has 0 bridgehead atoms. The maximum Gasteiger partial charge on any atom is 0.323 e. The fraction of sp³-hybridized carbons (Fsp3) is 0.107. The minimum atomic E-state index is -0.880. The quantitative estimate of drug-likeness (QED) is 0.350. The normalized spacial score (nSPS) is 10.5. The van der Waals surface area contributed by atoms with E-state index in [-0.39, 0.29) is 18.0 Å². The number of carbonyl (C=O) groups is 2. The van der Waals surface area contributed by atoms with Crippen LogP contribution in [0.15, 0.2) is 95.9 Å². The van der Waals surface area contributed by atoms with E-state index in [4.69, 9.17) is 5.11 Å². The number of nitrogens with zero attached hydrogens (tertiary/aromatic N) is 1. The number of aliphatic carboxylic acids is 1. The Kier molecular flexibility index (Phi) is 7.07. The number of anilines is 2. The van der Waals surface area contributed by atoms with E-state index >= 15 is 0 Å². The number of pyridine rings is 1. The summed E-state index contributed by atoms with van der Waals surface area (Å²) in [5.41, 5.74) is 5.08. The minimum Gasteiger partial charge on any atom is -0.481 e. The first-order chi connectivity index (χ1) is 16.9. The van der Waals surface area contributed by atoms with Crippen LogP contribution < -0.4 is 16.2 Å². The van der Waals surface area contributed by atoms with Crippen LogP contribution in [-0.2, 0) is 17.8 Å². The van der Waals surface area contributed by atoms with Crippen molar-refractivity contribution in [3.05, 3.63) is 118 Å². The Labute approximate surface area is 202 Å². The fourth-order valence-corrected chi connectivity index (χ4v) is 3.75. The molecule has 1 aromatic heterocycles. The molecule has 1 heterocycles. The van der Waals surface area contributed by atoms with Crippen LogP contribution in [0.5, 0.6) is 0 Å². The fourth-order valence-electron chi connectivity index (χ4n) is 3.75. The highest BCUT2D eigenvalue weighted by atomic mass is 16.4. The van der Waals surface area contributed by atoms with E-state index in [2.05, 4.69) is 10.6 Å². The zero-order valence-electron chi connectivity index (χ0n) is 19.2. The van der Waals surface area contributed by atoms with Gasteiger partial charge in [-0.3, -0.25) is 9.59 Å². The molecule has 176 valence electrons. The van der Waals surface area contributed by atoms with Crippen molar-refractivity contribution in [1.82, 2.24) is 4.57 Å². The Balaban J connectivity index is 1.45. The molecule has 4 aromatic rings. The number of carbonyl (C=O) groups excluding carboxylic acids is 1. The second-order valence-electron chi connectivity index (χ2n) is 8.21. The van der Waals surface area contributed by atoms with E-state index in [9.17, 15) is 14.4 Å². The Hall–Kier alpha value is -4.65. The molecule has 0 aliphatic rings. The van der Waals surface area contributed by atoms with Gasteiger partial charge in [0.15, 0.2) is 0 Å². The van der Waals surface area contributed by atoms with Crippen LogP contribution in [0, 0.1) is 6.92 Å². The molecule has 3 aromatic carbocycles. The molecule has 0 radical (unpaired) electrons. The molecule has 0 aliphatic heterocycles. The molecule has 7 nitrogen and oxygen atoms in total. The number of aryl methyl sites for hydroxylation is 1. The zero-order valence-corrected chi connectivity index (χ0v) is 19.2. The van der Waals surface area contributed by atoms with Gasteiger partial charge in [-0.2, -0.15) is 0 Å². The lowest BCUT2D eigenvalue weighted by molar-refractivity contribution is -0.136. The van der Waals surface area contributed by atoms with Gasteiger partial charge in [-0.15, -0.1) is 0 Å². The maximum atomic E-state index is 13.1. The number of hydrogen-bond donors (Lipinski definition) is 3. The summed E-state index contributed by atoms with van der Waals surface area (Å²) in [5, 5.41) is 14.5. The Morgan fingerprint density at radius 3 is 2.20 bits per heavy atom. The van der Waals surface area contributed by atoms with Gasteiger partial charge < -0.3 is 20.3 Å². The van der Waals surface area contributed by atoms with Gasteiger partial charge in [-0.05, 0) is 59.5 Å². The molecule has 0 spiro atoms. The highest BCUT2D eigenvalue weighted by Crippen LogP contribution is 2.20. The molecule has 0 unspecified atom stereocenters. The molecule has 7 heteroatoms. The lowest BCUT2D eigenvalue weighted by Gasteiger charge is -2.11. The number of urea groups is 1. The average molecular weight is 468 g/mol. The van der Waals surface area contributed by atoms with Crippen LogP contribution in [0.4, 0.5) is 16.2 Å². The number of carboxylic acid groups (broad SMARTS) is 1. The van der Waals surface area contributed by atoms with Crippen molar-refractivity contribution in [2.24, 2.45) is 0 Å². The number of benzene rings is 3. The van der Waals surface area contributed by atoms with Crippen molar-refractivity contribution in [2.75, 3.05) is 10.6 Å². The van der Waals surface area contributed by atoms with E-state index in [1.165, 1.54) is 0 Å². The van der Waals surface area contributed by atoms with Crippen molar-refractivity contribution >= 4 is 23.4 Å². The Morgan fingerprint density at radius 2 is 1.51 bits per heavy atom. The molecule has 35 heavy (non-hydrogen) atoms. The van der Waals surface area contributed by atoms with Crippen molar-refractivity contribution in [2.45, 2.75) is 19.9 Å². The smallest absolute Gasteiger partial charge is 0.323 e. The number of carboxylic acids is 1. The van der Waals surface area contributed by atoms with Gasteiger partial charge >= 0.3 is 12.0 Å². The molecule has 0 saturated carbocycles. The molecular weight excluding hydrogens is 442 g/mol. The average Bonchev–Trinajstić information content (AvgIpc) is 2.83. The molecule has 0 fully saturated rings. The molecular formula is C28H25N3O4. The number of hydrogen-bond acceptors (Lipinski definition) is 3. The summed E-state index contributed by atoms with van der Waals surface area (Å²) in [5.74, 6) is -0.880. The third-order valence-corrected chi connectivity index (χ3v) is 5.60. The van der Waals surface area contributed by atoms with Gasteiger partial charge in [0, 0.05) is 23.1 Å². The van der Waals surface area contributed by atoms with Crippen LogP contribution >= 0.6 is 0 Å². The molecule has 3 N–H and O–H groups in total. The van der Waals surface area contributed by atoms with Crippen LogP contribution in [0.3, 0.4) is 0 Å². The van der Waals surface area contributed by atoms with E-state index in [0.29, 0.717) is 23.4 Å². The number of nitrogens with one attached hydrogen (secondary N) is 2. The maximum absolute atomic E-state index is 13.1. The minimum absolute atomic E-state index is 0.0336. The van der Waals surface area contributed by atoms with Crippen LogP contribution in [-0.4, -0.2) is 21.7 Å². The Morgan fingerprint density at radius 1 is 0.829 bits per heavy atom. The van der Waals surface area contributed by atoms with Crippen molar-refractivity contribution in [3.8, 4) is 11.1 Å². The van der Waals surface area contributed by atoms with Crippen molar-refractivity contribution < 1.29 is 14.7 Å². The zero-order chi connectivity index (χ0) is 24.8. The molecule has 4 rings (SSSR count). The SMILES string of the molecule is Cc1ccccc1NC(=O)Nc1ccc(-c2cccn(Cc3ccc(CC(=O)O)cc3)c2=O)cc1. The summed E-state index contributed by atoms with van der Waals surface area (Å²) in [4.78, 5) is 36.3. The summed E-state index contributed by atoms with van der Waals surface area (Å²) in [6, 6.07) is 25.1. The van der Waals surface area contributed by atoms with Gasteiger partial charge in [0.25, 0.3) is 5.56 Å². The van der Waals surface area contributed by atoms with E-state index in [1.54, 1.807) is 53.2 Å². The van der Waals surface area contributed by atoms with Gasteiger partial charge in [-0.25, -0.2) is 4.79 Å². The van der Waals surface area contributed by atoms with Crippen molar-refractivity contribution in [3.63, 3.8) is 0 Å². The first kappa shape index (κ1) is 23.5. The van der Waals surface area contributed by atoms with Crippen LogP contribution in [0.1, 0.15) is 16.7 Å². The van der Waals surface area contributed by atoms with E-state index in [0.717, 1.165) is 22.4 Å². The third-order valence-electron chi connectivity index (χ3n) is 5.60. The lowest BCUT2D eigenvalue weighted by Crippen LogP contribution is -2.21. The van der Waals surface area contributed by atoms with E-state index < -0.39 is 5.97 Å². The standard InChI is InChI=1S/C28H25N3O4/c1-19-5-2-3-7-25(19)30-28(35)29-23-14-12-22(13-15-23)24-6-4-16-31(27(24)34)18-21-10-8-20(9-11-21)17-26(32)33/h2-16H,17-18H2,1H3,(H,32,33)(H2,29,30,35). The summed E-state index contributed by atoms with van der Waals surface area (Å²) in [7, 11) is 0. The first-order valence-corrected chi connectivity index (χ1v) is 11.1. The number of para-hydroxylation sites is 1. The third kappa shape index (κ3) is 6.03. The van der Waals surface area contributed by atoms with Gasteiger partial charge in [0.05, 0.1) is 13.0 Å². The van der Waals surface area contributed by atoms with Gasteiger partial charge in [0.1, 0.15) is 0 Å². The molecule has 0 atom stereocenters. The second kappa shape index (κ2) is 10.5. The monoisotopic (exact) mass is 467 g/mol. The largest absolute Gasteiger partial charge is 0.481 e. The van der Waals surface area contributed by atoms with Gasteiger partial charge in [-0.1, -0.05) is 54.6 Å². The summed E-state index contributed by atoms with van der Waals surface area (Å²) >= 11 is 0.